The van der Waals surface area contributed by atoms with Crippen LogP contribution in [0.15, 0.2) is 54.6 Å². The van der Waals surface area contributed by atoms with Crippen LogP contribution in [0.5, 0.6) is 0 Å². The molecule has 0 atom stereocenters. The van der Waals surface area contributed by atoms with Gasteiger partial charge in [-0.05, 0) is 11.6 Å². The number of nitrogens with one attached hydrogen (secondary N) is 2. The molecular weight excluding hydrogens is 342 g/mol. The molecule has 2 N–H and O–H groups in total. The molecule has 0 aliphatic carbocycles. The Balaban J connectivity index is 1.31. The summed E-state index contributed by atoms with van der Waals surface area (Å²) in [6.07, 6.45) is 0.200. The lowest BCUT2D eigenvalue weighted by atomic mass is 10.0. The molecular formula is C21H21N3O3. The highest BCUT2D eigenvalue weighted by atomic mass is 16.5. The minimum absolute atomic E-state index is 0.0642. The number of carbonyl (C=O) groups is 2. The number of alkyl carbamates (subject to hydrolysis) is 1. The third-order valence-corrected chi connectivity index (χ3v) is 4.83. The lowest BCUT2D eigenvalue weighted by Gasteiger charge is -2.27. The van der Waals surface area contributed by atoms with Crippen molar-refractivity contribution in [1.82, 2.24) is 15.2 Å². The number of carbonyl (C=O) groups excluding carboxylic acids is 2. The minimum atomic E-state index is -0.586. The number of aromatic nitrogens is 1. The zero-order valence-corrected chi connectivity index (χ0v) is 14.9. The zero-order valence-electron chi connectivity index (χ0n) is 14.9. The van der Waals surface area contributed by atoms with E-state index in [1.807, 2.05) is 48.5 Å². The molecule has 2 heterocycles. The second-order valence-corrected chi connectivity index (χ2v) is 6.61. The summed E-state index contributed by atoms with van der Waals surface area (Å²) in [5.41, 5.74) is 4.36. The van der Waals surface area contributed by atoms with Crippen LogP contribution < -0.4 is 5.32 Å². The van der Waals surface area contributed by atoms with E-state index in [1.165, 1.54) is 5.69 Å². The molecule has 0 saturated carbocycles. The van der Waals surface area contributed by atoms with E-state index in [0.717, 1.165) is 28.5 Å². The predicted molar refractivity (Wildman–Crippen MR) is 102 cm³/mol. The van der Waals surface area contributed by atoms with Crippen LogP contribution in [-0.2, 0) is 29.1 Å². The molecule has 0 radical (unpaired) electrons. The van der Waals surface area contributed by atoms with E-state index in [2.05, 4.69) is 16.4 Å². The molecule has 0 unspecified atom stereocenters. The maximum absolute atomic E-state index is 12.5. The summed E-state index contributed by atoms with van der Waals surface area (Å²) >= 11 is 0. The van der Waals surface area contributed by atoms with Crippen molar-refractivity contribution < 1.29 is 14.3 Å². The van der Waals surface area contributed by atoms with E-state index in [0.29, 0.717) is 13.1 Å². The van der Waals surface area contributed by atoms with Gasteiger partial charge in [-0.2, -0.15) is 0 Å². The molecule has 6 heteroatoms. The molecule has 27 heavy (non-hydrogen) atoms. The molecule has 6 nitrogen and oxygen atoms in total. The van der Waals surface area contributed by atoms with E-state index in [4.69, 9.17) is 4.74 Å². The fourth-order valence-electron chi connectivity index (χ4n) is 3.41. The van der Waals surface area contributed by atoms with Crippen molar-refractivity contribution in [2.45, 2.75) is 19.6 Å². The number of amides is 2. The Morgan fingerprint density at radius 2 is 1.85 bits per heavy atom. The number of nitrogens with zero attached hydrogens (tertiary/aromatic N) is 1. The summed E-state index contributed by atoms with van der Waals surface area (Å²) in [5.74, 6) is -0.109. The van der Waals surface area contributed by atoms with Gasteiger partial charge in [-0.1, -0.05) is 48.5 Å². The van der Waals surface area contributed by atoms with Crippen molar-refractivity contribution in [3.05, 3.63) is 71.4 Å². The number of fused-ring (bicyclic) bond motifs is 3. The number of rotatable bonds is 4. The monoisotopic (exact) mass is 363 g/mol. The van der Waals surface area contributed by atoms with Gasteiger partial charge in [0.05, 0.1) is 0 Å². The minimum Gasteiger partial charge on any atom is -0.445 e. The lowest BCUT2D eigenvalue weighted by Crippen LogP contribution is -2.42. The van der Waals surface area contributed by atoms with Gasteiger partial charge < -0.3 is 19.9 Å². The second kappa shape index (κ2) is 7.53. The number of benzene rings is 2. The van der Waals surface area contributed by atoms with Crippen LogP contribution in [0.3, 0.4) is 0 Å². The van der Waals surface area contributed by atoms with E-state index < -0.39 is 6.09 Å². The summed E-state index contributed by atoms with van der Waals surface area (Å²) < 4.78 is 5.14. The van der Waals surface area contributed by atoms with Crippen molar-refractivity contribution >= 4 is 22.9 Å². The Morgan fingerprint density at radius 1 is 1.07 bits per heavy atom. The van der Waals surface area contributed by atoms with Gasteiger partial charge in [0.25, 0.3) is 0 Å². The summed E-state index contributed by atoms with van der Waals surface area (Å²) in [7, 11) is 0. The zero-order chi connectivity index (χ0) is 18.6. The van der Waals surface area contributed by atoms with Crippen LogP contribution in [0.25, 0.3) is 10.9 Å². The van der Waals surface area contributed by atoms with Crippen LogP contribution in [0.4, 0.5) is 4.79 Å². The highest BCUT2D eigenvalue weighted by molar-refractivity contribution is 5.87. The third kappa shape index (κ3) is 3.79. The number of hydrogen-bond acceptors (Lipinski definition) is 3. The molecule has 138 valence electrons. The molecule has 3 aromatic rings. The predicted octanol–water partition coefficient (Wildman–Crippen LogP) is 2.98. The van der Waals surface area contributed by atoms with E-state index in [1.54, 1.807) is 4.90 Å². The first kappa shape index (κ1) is 17.1. The maximum Gasteiger partial charge on any atom is 0.407 e. The van der Waals surface area contributed by atoms with Gasteiger partial charge in [0, 0.05) is 41.7 Å². The van der Waals surface area contributed by atoms with Crippen LogP contribution in [0.2, 0.25) is 0 Å². The summed E-state index contributed by atoms with van der Waals surface area (Å²) in [6.45, 7) is 1.31. The summed E-state index contributed by atoms with van der Waals surface area (Å²) in [4.78, 5) is 29.5. The lowest BCUT2D eigenvalue weighted by molar-refractivity contribution is -0.131. The quantitative estimate of drug-likeness (QED) is 0.748. The van der Waals surface area contributed by atoms with Crippen molar-refractivity contribution in [2.24, 2.45) is 0 Å². The van der Waals surface area contributed by atoms with Crippen LogP contribution >= 0.6 is 0 Å². The first-order valence-corrected chi connectivity index (χ1v) is 9.01. The second-order valence-electron chi connectivity index (χ2n) is 6.61. The molecule has 1 aromatic heterocycles. The third-order valence-electron chi connectivity index (χ3n) is 4.83. The fraction of sp³-hybridized carbons (Fsp3) is 0.238. The summed E-state index contributed by atoms with van der Waals surface area (Å²) in [6, 6.07) is 17.5. The van der Waals surface area contributed by atoms with Crippen LogP contribution in [0, 0.1) is 0 Å². The molecule has 4 rings (SSSR count). The molecule has 0 bridgehead atoms. The molecule has 2 amide bonds. The number of ether oxygens (including phenoxy) is 1. The SMILES string of the molecule is O=C(NCC(=O)N1CCc2[nH]c3ccccc3c2C1)OCc1ccccc1. The van der Waals surface area contributed by atoms with Crippen LogP contribution in [0.1, 0.15) is 16.8 Å². The van der Waals surface area contributed by atoms with E-state index >= 15 is 0 Å². The van der Waals surface area contributed by atoms with E-state index in [-0.39, 0.29) is 19.1 Å². The average Bonchev–Trinajstić information content (AvgIpc) is 3.09. The van der Waals surface area contributed by atoms with Gasteiger partial charge in [-0.25, -0.2) is 4.79 Å². The normalized spacial score (nSPS) is 13.3. The number of H-pyrrole nitrogens is 1. The van der Waals surface area contributed by atoms with Crippen molar-refractivity contribution in [3.8, 4) is 0 Å². The first-order valence-electron chi connectivity index (χ1n) is 9.01. The summed E-state index contributed by atoms with van der Waals surface area (Å²) in [5, 5.41) is 3.70. The molecule has 1 aliphatic heterocycles. The topological polar surface area (TPSA) is 74.4 Å². The van der Waals surface area contributed by atoms with Gasteiger partial charge in [0.1, 0.15) is 13.2 Å². The van der Waals surface area contributed by atoms with Crippen LogP contribution in [-0.4, -0.2) is 35.0 Å². The Bertz CT molecular complexity index is 965. The molecule has 0 fully saturated rings. The van der Waals surface area contributed by atoms with Gasteiger partial charge in [0.15, 0.2) is 0 Å². The van der Waals surface area contributed by atoms with Gasteiger partial charge in [-0.15, -0.1) is 0 Å². The Morgan fingerprint density at radius 3 is 2.70 bits per heavy atom. The van der Waals surface area contributed by atoms with Gasteiger partial charge in [0.2, 0.25) is 5.91 Å². The van der Waals surface area contributed by atoms with Crippen molar-refractivity contribution in [1.29, 1.82) is 0 Å². The number of para-hydroxylation sites is 1. The fourth-order valence-corrected chi connectivity index (χ4v) is 3.41. The van der Waals surface area contributed by atoms with Gasteiger partial charge in [-0.3, -0.25) is 4.79 Å². The highest BCUT2D eigenvalue weighted by Gasteiger charge is 2.24. The van der Waals surface area contributed by atoms with Gasteiger partial charge >= 0.3 is 6.09 Å². The molecule has 0 saturated heterocycles. The molecule has 1 aliphatic rings. The smallest absolute Gasteiger partial charge is 0.407 e. The number of aromatic amines is 1. The standard InChI is InChI=1S/C21H21N3O3/c25-20(12-22-21(26)27-14-15-6-2-1-3-7-15)24-11-10-19-17(13-24)16-8-4-5-9-18(16)23-19/h1-9,23H,10-14H2,(H,22,26). The highest BCUT2D eigenvalue weighted by Crippen LogP contribution is 2.27. The average molecular weight is 363 g/mol. The number of hydrogen-bond donors (Lipinski definition) is 2. The Kier molecular flexibility index (Phi) is 4.78. The maximum atomic E-state index is 12.5. The molecule has 2 aromatic carbocycles. The van der Waals surface area contributed by atoms with Crippen molar-refractivity contribution in [2.75, 3.05) is 13.1 Å². The molecule has 0 spiro atoms. The van der Waals surface area contributed by atoms with Crippen molar-refractivity contribution in [3.63, 3.8) is 0 Å². The Labute approximate surface area is 157 Å². The Hall–Kier alpha value is -3.28. The first-order chi connectivity index (χ1) is 13.2. The van der Waals surface area contributed by atoms with E-state index in [9.17, 15) is 9.59 Å². The largest absolute Gasteiger partial charge is 0.445 e.